The number of amides is 1. The molecule has 3 N–H and O–H groups in total. The molecule has 1 amide bonds. The molecule has 0 radical (unpaired) electrons. The molecule has 0 unspecified atom stereocenters. The van der Waals surface area contributed by atoms with Crippen LogP contribution >= 0.6 is 24.0 Å². The first-order valence-corrected chi connectivity index (χ1v) is 9.33. The highest BCUT2D eigenvalue weighted by molar-refractivity contribution is 14.0. The molecule has 0 saturated heterocycles. The van der Waals surface area contributed by atoms with Gasteiger partial charge in [-0.25, -0.2) is 4.79 Å². The van der Waals surface area contributed by atoms with Gasteiger partial charge in [-0.05, 0) is 48.5 Å². The summed E-state index contributed by atoms with van der Waals surface area (Å²) in [4.78, 5) is 20.7. The van der Waals surface area contributed by atoms with E-state index in [4.69, 9.17) is 9.47 Å². The van der Waals surface area contributed by atoms with E-state index >= 15 is 0 Å². The highest BCUT2D eigenvalue weighted by Gasteiger charge is 2.24. The Morgan fingerprint density at radius 3 is 2.31 bits per heavy atom. The van der Waals surface area contributed by atoms with Crippen molar-refractivity contribution in [1.82, 2.24) is 20.9 Å². The van der Waals surface area contributed by atoms with Crippen molar-refractivity contribution in [2.45, 2.75) is 66.2 Å². The Morgan fingerprint density at radius 2 is 1.79 bits per heavy atom. The van der Waals surface area contributed by atoms with Crippen molar-refractivity contribution in [2.24, 2.45) is 4.99 Å². The number of aryl methyl sites for hydroxylation is 1. The zero-order chi connectivity index (χ0) is 21.5. The number of rotatable bonds is 6. The topological polar surface area (TPSA) is 96.9 Å². The summed E-state index contributed by atoms with van der Waals surface area (Å²) in [5.74, 6) is 1.46. The van der Waals surface area contributed by atoms with Gasteiger partial charge in [0.25, 0.3) is 0 Å². The van der Waals surface area contributed by atoms with Crippen molar-refractivity contribution in [3.63, 3.8) is 0 Å². The van der Waals surface area contributed by atoms with E-state index < -0.39 is 17.2 Å². The Morgan fingerprint density at radius 1 is 1.17 bits per heavy atom. The highest BCUT2D eigenvalue weighted by Crippen LogP contribution is 2.23. The molecule has 0 atom stereocenters. The molecule has 0 spiro atoms. The summed E-state index contributed by atoms with van der Waals surface area (Å²) in [6, 6.07) is 0. The van der Waals surface area contributed by atoms with Gasteiger partial charge in [-0.2, -0.15) is 0 Å². The third-order valence-corrected chi connectivity index (χ3v) is 3.93. The summed E-state index contributed by atoms with van der Waals surface area (Å²) in [7, 11) is 3.35. The Bertz CT molecular complexity index is 715. The van der Waals surface area contributed by atoms with E-state index in [1.54, 1.807) is 20.4 Å². The maximum Gasteiger partial charge on any atom is 0.408 e. The minimum Gasteiger partial charge on any atom is -0.496 e. The standard InChI is InChI=1S/C20H35N5O3.HI/c1-13-10-22-15(14(2)16(13)27-9)11-23-17(21-8)24-12-20(6,7)25-18(26)28-19(3,4)5;/h10H,11-12H2,1-9H3,(H,25,26)(H2,21,23,24);1H. The molecule has 1 heterocycles. The minimum absolute atomic E-state index is 0. The number of guanidine groups is 1. The number of nitrogens with zero attached hydrogens (tertiary/aromatic N) is 2. The zero-order valence-corrected chi connectivity index (χ0v) is 21.3. The highest BCUT2D eigenvalue weighted by atomic mass is 127. The van der Waals surface area contributed by atoms with Gasteiger partial charge >= 0.3 is 6.09 Å². The van der Waals surface area contributed by atoms with Crippen LogP contribution in [-0.4, -0.2) is 48.9 Å². The van der Waals surface area contributed by atoms with Crippen LogP contribution in [0.15, 0.2) is 11.2 Å². The van der Waals surface area contributed by atoms with Gasteiger partial charge in [0.15, 0.2) is 5.96 Å². The molecule has 0 aromatic carbocycles. The maximum absolute atomic E-state index is 12.0. The first-order chi connectivity index (χ1) is 12.9. The molecule has 0 aliphatic rings. The van der Waals surface area contributed by atoms with E-state index in [-0.39, 0.29) is 24.0 Å². The quantitative estimate of drug-likeness (QED) is 0.302. The fraction of sp³-hybridized carbons (Fsp3) is 0.650. The molecule has 1 aromatic heterocycles. The van der Waals surface area contributed by atoms with E-state index in [1.165, 1.54) is 0 Å². The number of aliphatic imine (C=N–C) groups is 1. The van der Waals surface area contributed by atoms with Crippen LogP contribution in [0.3, 0.4) is 0 Å². The van der Waals surface area contributed by atoms with Crippen LogP contribution in [0.1, 0.15) is 51.4 Å². The van der Waals surface area contributed by atoms with Crippen molar-refractivity contribution in [1.29, 1.82) is 0 Å². The van der Waals surface area contributed by atoms with Crippen molar-refractivity contribution < 1.29 is 14.3 Å². The van der Waals surface area contributed by atoms with E-state index in [2.05, 4.69) is 25.9 Å². The van der Waals surface area contributed by atoms with Crippen LogP contribution in [-0.2, 0) is 11.3 Å². The lowest BCUT2D eigenvalue weighted by atomic mass is 10.1. The van der Waals surface area contributed by atoms with Crippen molar-refractivity contribution in [3.05, 3.63) is 23.0 Å². The number of halogens is 1. The number of pyridine rings is 1. The Kier molecular flexibility index (Phi) is 10.7. The van der Waals surface area contributed by atoms with Crippen LogP contribution in [0.5, 0.6) is 5.75 Å². The number of ether oxygens (including phenoxy) is 2. The predicted molar refractivity (Wildman–Crippen MR) is 127 cm³/mol. The van der Waals surface area contributed by atoms with Gasteiger partial charge in [0.05, 0.1) is 24.9 Å². The molecular weight excluding hydrogens is 485 g/mol. The van der Waals surface area contributed by atoms with Gasteiger partial charge in [-0.15, -0.1) is 24.0 Å². The minimum atomic E-state index is -0.537. The van der Waals surface area contributed by atoms with Gasteiger partial charge in [-0.1, -0.05) is 0 Å². The molecule has 0 bridgehead atoms. The Hall–Kier alpha value is -1.78. The molecule has 166 valence electrons. The molecule has 0 aliphatic heterocycles. The second-order valence-corrected chi connectivity index (χ2v) is 8.34. The van der Waals surface area contributed by atoms with Crippen LogP contribution in [0.25, 0.3) is 0 Å². The lowest BCUT2D eigenvalue weighted by molar-refractivity contribution is 0.0474. The number of alkyl carbamates (subject to hydrolysis) is 1. The molecule has 8 nitrogen and oxygen atoms in total. The Labute approximate surface area is 191 Å². The fourth-order valence-electron chi connectivity index (χ4n) is 2.57. The molecule has 29 heavy (non-hydrogen) atoms. The fourth-order valence-corrected chi connectivity index (χ4v) is 2.57. The number of carbonyl (C=O) groups excluding carboxylic acids is 1. The molecule has 9 heteroatoms. The first kappa shape index (κ1) is 27.2. The van der Waals surface area contributed by atoms with E-state index in [1.807, 2.05) is 48.5 Å². The molecule has 0 aliphatic carbocycles. The predicted octanol–water partition coefficient (Wildman–Crippen LogP) is 3.29. The Balaban J connectivity index is 0.00000784. The number of methoxy groups -OCH3 is 1. The van der Waals surface area contributed by atoms with Gasteiger partial charge < -0.3 is 25.4 Å². The summed E-state index contributed by atoms with van der Waals surface area (Å²) in [6.07, 6.45) is 1.35. The number of carbonyl (C=O) groups is 1. The number of aromatic nitrogens is 1. The van der Waals surface area contributed by atoms with Crippen molar-refractivity contribution >= 4 is 36.0 Å². The lowest BCUT2D eigenvalue weighted by Gasteiger charge is -2.29. The van der Waals surface area contributed by atoms with Crippen LogP contribution in [0.4, 0.5) is 4.79 Å². The second-order valence-electron chi connectivity index (χ2n) is 8.34. The van der Waals surface area contributed by atoms with E-state index in [0.717, 1.165) is 22.6 Å². The van der Waals surface area contributed by atoms with E-state index in [0.29, 0.717) is 19.0 Å². The third-order valence-electron chi connectivity index (χ3n) is 3.93. The summed E-state index contributed by atoms with van der Waals surface area (Å²) in [6.45, 7) is 14.2. The summed E-state index contributed by atoms with van der Waals surface area (Å²) in [5, 5.41) is 9.32. The lowest BCUT2D eigenvalue weighted by Crippen LogP contribution is -2.54. The summed E-state index contributed by atoms with van der Waals surface area (Å²) >= 11 is 0. The number of nitrogens with one attached hydrogen (secondary N) is 3. The smallest absolute Gasteiger partial charge is 0.408 e. The summed E-state index contributed by atoms with van der Waals surface area (Å²) < 4.78 is 10.8. The van der Waals surface area contributed by atoms with Gasteiger partial charge in [-0.3, -0.25) is 9.98 Å². The number of hydrogen-bond acceptors (Lipinski definition) is 5. The third kappa shape index (κ3) is 9.51. The normalized spacial score (nSPS) is 12.0. The molecular formula is C20H36IN5O3. The molecule has 0 fully saturated rings. The van der Waals surface area contributed by atoms with Crippen LogP contribution in [0, 0.1) is 13.8 Å². The molecule has 1 rings (SSSR count). The van der Waals surface area contributed by atoms with Crippen molar-refractivity contribution in [3.8, 4) is 5.75 Å². The second kappa shape index (κ2) is 11.4. The van der Waals surface area contributed by atoms with Gasteiger partial charge in [0.1, 0.15) is 11.4 Å². The number of hydrogen-bond donors (Lipinski definition) is 3. The molecule has 1 aromatic rings. The van der Waals surface area contributed by atoms with E-state index in [9.17, 15) is 4.79 Å². The zero-order valence-electron chi connectivity index (χ0n) is 19.0. The van der Waals surface area contributed by atoms with Crippen LogP contribution < -0.4 is 20.7 Å². The maximum atomic E-state index is 12.0. The largest absolute Gasteiger partial charge is 0.496 e. The van der Waals surface area contributed by atoms with Gasteiger partial charge in [0.2, 0.25) is 0 Å². The molecule has 0 saturated carbocycles. The van der Waals surface area contributed by atoms with Crippen LogP contribution in [0.2, 0.25) is 0 Å². The SMILES string of the molecule is CN=C(NCc1ncc(C)c(OC)c1C)NCC(C)(C)NC(=O)OC(C)(C)C.I. The monoisotopic (exact) mass is 521 g/mol. The average Bonchev–Trinajstić information content (AvgIpc) is 2.54. The van der Waals surface area contributed by atoms with Gasteiger partial charge in [0, 0.05) is 30.9 Å². The average molecular weight is 521 g/mol. The summed E-state index contributed by atoms with van der Waals surface area (Å²) in [5.41, 5.74) is 1.82. The first-order valence-electron chi connectivity index (χ1n) is 9.33. The van der Waals surface area contributed by atoms with Crippen molar-refractivity contribution in [2.75, 3.05) is 20.7 Å².